The van der Waals surface area contributed by atoms with Gasteiger partial charge in [-0.3, -0.25) is 0 Å². The van der Waals surface area contributed by atoms with Gasteiger partial charge in [-0.05, 0) is 0 Å². The van der Waals surface area contributed by atoms with Crippen LogP contribution in [0, 0.1) is 44.7 Å². The van der Waals surface area contributed by atoms with Gasteiger partial charge < -0.3 is 9.15 Å². The van der Waals surface area contributed by atoms with Gasteiger partial charge in [0.25, 0.3) is 18.4 Å². The molecule has 126 valence electrons. The Balaban J connectivity index is -0.0000000271. The average molecular weight is 643 g/mol. The fourth-order valence-electron chi connectivity index (χ4n) is 0.0962. The van der Waals surface area contributed by atoms with Crippen molar-refractivity contribution >= 4 is 98.8 Å². The van der Waals surface area contributed by atoms with Gasteiger partial charge in [0.2, 0.25) is 0 Å². The molecule has 16 heteroatoms. The molecule has 0 saturated heterocycles. The normalized spacial score (nSPS) is 4.00. The van der Waals surface area contributed by atoms with Gasteiger partial charge in [0.1, 0.15) is 0 Å². The smallest absolute Gasteiger partial charge is 0 e. The summed E-state index contributed by atoms with van der Waals surface area (Å²) in [5.74, 6) is 0. The fraction of sp³-hybridized carbons (Fsp3) is 0. The van der Waals surface area contributed by atoms with Crippen LogP contribution in [-0.2, 0) is 26.1 Å². The van der Waals surface area contributed by atoms with Crippen molar-refractivity contribution in [1.29, 1.82) is 0 Å². The van der Waals surface area contributed by atoms with Crippen molar-refractivity contribution in [2.45, 2.75) is 0 Å². The second-order valence-electron chi connectivity index (χ2n) is 1.22. The third-order valence-corrected chi connectivity index (χ3v) is 2.40. The first-order valence-electron chi connectivity index (χ1n) is 5.23. The molecule has 0 amide bonds. The van der Waals surface area contributed by atoms with Crippen molar-refractivity contribution in [1.82, 2.24) is 0 Å². The standard InChI is InChI=1S/2C2H2GeO2Si.2CHGe.2CH2O2Si.2H2/c2*1-3-4-5-6-2;2*1-2;2*1-4-3-2;;/h2*1-2H;2*1H;2*1-2H;2*1H/i;;;;;;1+1D;. The molecule has 0 spiro atoms. The van der Waals surface area contributed by atoms with E-state index in [0.717, 1.165) is 0 Å². The largest absolute Gasteiger partial charge is 0 e. The Hall–Kier alpha value is -0.00104. The van der Waals surface area contributed by atoms with E-state index in [1.54, 1.807) is 0 Å². The molecule has 0 aliphatic rings. The van der Waals surface area contributed by atoms with Gasteiger partial charge in [0.15, 0.2) is 0 Å². The molecule has 8 nitrogen and oxygen atoms in total. The van der Waals surface area contributed by atoms with E-state index >= 15 is 0 Å². The molecule has 2 radical (unpaired) electrons. The van der Waals surface area contributed by atoms with Crippen LogP contribution in [0.15, 0.2) is 0 Å². The third kappa shape index (κ3) is 152. The van der Waals surface area contributed by atoms with Crippen LogP contribution in [0.4, 0.5) is 0 Å². The molecule has 24 heavy (non-hydrogen) atoms. The topological polar surface area (TPSA) is 95.8 Å². The van der Waals surface area contributed by atoms with Gasteiger partial charge in [-0.1, -0.05) is 0 Å². The fourth-order valence-corrected chi connectivity index (χ4v) is 1.50. The molecule has 0 aromatic carbocycles. The minimum absolute atomic E-state index is 0. The average Bonchev–Trinajstić information content (AvgIpc) is 2.75. The Morgan fingerprint density at radius 3 is 1.00 bits per heavy atom. The Morgan fingerprint density at radius 2 is 0.958 bits per heavy atom. The van der Waals surface area contributed by atoms with E-state index in [4.69, 9.17) is 35.8 Å². The molecule has 0 saturated carbocycles. The molecule has 0 aliphatic carbocycles. The Bertz CT molecular complexity index is 453. The van der Waals surface area contributed by atoms with Crippen molar-refractivity contribution in [3.8, 4) is 44.7 Å². The van der Waals surface area contributed by atoms with E-state index in [2.05, 4.69) is 48.5 Å². The minimum atomic E-state index is -0.797. The maximum absolute atomic E-state index is 7.26. The van der Waals surface area contributed by atoms with E-state index < -0.39 is 30.3 Å². The molecular formula is C8H14Ge4O8Si4. The van der Waals surface area contributed by atoms with Crippen molar-refractivity contribution in [3.05, 3.63) is 0 Å². The minimum Gasteiger partial charge on any atom is 0 e. The molecule has 0 aliphatic heterocycles. The summed E-state index contributed by atoms with van der Waals surface area (Å²) in [6.45, 7) is 0. The first-order valence-corrected chi connectivity index (χ1v) is 14.7. The summed E-state index contributed by atoms with van der Waals surface area (Å²) in [5, 5.41) is 33.4. The predicted molar refractivity (Wildman–Crippen MR) is 102 cm³/mol. The number of hydrogen-bond acceptors (Lipinski definition) is 8. The van der Waals surface area contributed by atoms with Gasteiger partial charge in [-0.2, -0.15) is 0 Å². The number of hydrogen-bond donors (Lipinski definition) is 2. The Labute approximate surface area is 183 Å². The van der Waals surface area contributed by atoms with Crippen molar-refractivity contribution in [2.24, 2.45) is 0 Å². The van der Waals surface area contributed by atoms with Crippen molar-refractivity contribution in [3.63, 3.8) is 0 Å². The quantitative estimate of drug-likeness (QED) is 0.156. The van der Waals surface area contributed by atoms with Crippen molar-refractivity contribution < 1.29 is 41.0 Å². The maximum Gasteiger partial charge on any atom is 0 e. The SMILES string of the molecule is C#[Si]OO.C#[Si]OO.C#[Si]O[O][Ge]#[CH].C#[Si]O[O][Ge]#[CH].[2H][2H].[CH]#[Ge].[CH]#[Ge].[HH]. The first kappa shape index (κ1) is 35.2. The van der Waals surface area contributed by atoms with Gasteiger partial charge in [0, 0.05) is 4.40 Å². The van der Waals surface area contributed by atoms with Crippen LogP contribution in [0.3, 0.4) is 0 Å². The predicted octanol–water partition coefficient (Wildman–Crippen LogP) is -1.95. The Kier molecular flexibility index (Phi) is 113. The van der Waals surface area contributed by atoms with Crippen molar-refractivity contribution in [2.75, 3.05) is 0 Å². The summed E-state index contributed by atoms with van der Waals surface area (Å²) in [5.41, 5.74) is 0. The first-order chi connectivity index (χ1) is 12.7. The van der Waals surface area contributed by atoms with Crippen LogP contribution in [0.2, 0.25) is 0 Å². The summed E-state index contributed by atoms with van der Waals surface area (Å²) < 4.78 is 33.7. The third-order valence-electron chi connectivity index (χ3n) is 0.381. The van der Waals surface area contributed by atoms with Gasteiger partial charge in [-0.25, -0.2) is 10.5 Å². The summed E-state index contributed by atoms with van der Waals surface area (Å²) in [7, 11) is -0.821. The summed E-state index contributed by atoms with van der Waals surface area (Å²) >= 11 is 1.41. The molecule has 0 heterocycles. The van der Waals surface area contributed by atoms with E-state index in [-0.39, 0.29) is 38.2 Å². The van der Waals surface area contributed by atoms with Crippen LogP contribution >= 0.6 is 0 Å². The van der Waals surface area contributed by atoms with Crippen LogP contribution in [0.5, 0.6) is 0 Å². The zero-order valence-corrected chi connectivity index (χ0v) is 24.4. The molecule has 0 bridgehead atoms. The molecule has 0 aromatic heterocycles. The molecule has 0 unspecified atom stereocenters. The van der Waals surface area contributed by atoms with E-state index in [1.807, 2.05) is 0 Å². The zero-order chi connectivity index (χ0) is 22.5. The van der Waals surface area contributed by atoms with E-state index in [9.17, 15) is 0 Å². The molecule has 2 N–H and O–H groups in total. The molecule has 0 rings (SSSR count). The zero-order valence-electron chi connectivity index (χ0n) is 14.0. The summed E-state index contributed by atoms with van der Waals surface area (Å²) in [6, 6.07) is 18.9. The van der Waals surface area contributed by atoms with Gasteiger partial charge >= 0.3 is 130 Å². The maximum atomic E-state index is 7.26. The second-order valence-corrected chi connectivity index (χ2v) is 4.55. The van der Waals surface area contributed by atoms with Crippen LogP contribution in [0.25, 0.3) is 0 Å². The second kappa shape index (κ2) is 77.3. The Morgan fingerprint density at radius 1 is 0.750 bits per heavy atom. The van der Waals surface area contributed by atoms with Crippen LogP contribution < -0.4 is 0 Å². The van der Waals surface area contributed by atoms with Crippen LogP contribution in [-0.4, -0.2) is 109 Å². The molecular weight excluding hydrogens is 627 g/mol. The van der Waals surface area contributed by atoms with Crippen LogP contribution in [0.1, 0.15) is 4.40 Å². The summed E-state index contributed by atoms with van der Waals surface area (Å²) in [6.07, 6.45) is 0. The van der Waals surface area contributed by atoms with E-state index in [1.165, 1.54) is 31.8 Å². The molecule has 0 aromatic rings. The van der Waals surface area contributed by atoms with E-state index in [0.29, 0.717) is 0 Å². The molecule has 0 fully saturated rings. The molecule has 0 atom stereocenters. The summed E-state index contributed by atoms with van der Waals surface area (Å²) in [4.78, 5) is 0. The number of rotatable bonds is 2. The van der Waals surface area contributed by atoms with Gasteiger partial charge in [-0.15, -0.1) is 12.0 Å². The van der Waals surface area contributed by atoms with Gasteiger partial charge in [0.05, 0.1) is 0 Å². The monoisotopic (exact) mass is 648 g/mol.